The van der Waals surface area contributed by atoms with Crippen LogP contribution in [0, 0.1) is 6.92 Å². The largest absolute Gasteiger partial charge is 0.280 e. The number of hydrogen-bond donors (Lipinski definition) is 1. The minimum atomic E-state index is -3.71. The Balaban J connectivity index is 1.60. The van der Waals surface area contributed by atoms with Crippen LogP contribution in [0.3, 0.4) is 0 Å². The number of sulfonamides is 1. The molecule has 0 aliphatic heterocycles. The number of nitrogens with one attached hydrogen (secondary N) is 1. The number of hydrogen-bond acceptors (Lipinski definition) is 5. The second-order valence-corrected chi connectivity index (χ2v) is 7.99. The summed E-state index contributed by atoms with van der Waals surface area (Å²) < 4.78 is 29.1. The van der Waals surface area contributed by atoms with Gasteiger partial charge in [-0.25, -0.2) is 8.42 Å². The van der Waals surface area contributed by atoms with E-state index in [9.17, 15) is 8.42 Å². The molecule has 0 amide bonds. The first kappa shape index (κ1) is 17.4. The zero-order valence-corrected chi connectivity index (χ0v) is 15.7. The van der Waals surface area contributed by atoms with Crippen LogP contribution in [0.2, 0.25) is 5.02 Å². The molecular weight excluding hydrogens is 386 g/mol. The number of benzene rings is 2. The van der Waals surface area contributed by atoms with E-state index in [1.807, 2.05) is 19.1 Å². The van der Waals surface area contributed by atoms with E-state index in [1.165, 1.54) is 12.1 Å². The molecule has 0 unspecified atom stereocenters. The predicted molar refractivity (Wildman–Crippen MR) is 103 cm³/mol. The van der Waals surface area contributed by atoms with Gasteiger partial charge in [-0.05, 0) is 49.4 Å². The number of halogens is 1. The van der Waals surface area contributed by atoms with Crippen LogP contribution in [0.5, 0.6) is 0 Å². The van der Waals surface area contributed by atoms with Crippen molar-refractivity contribution >= 4 is 33.0 Å². The summed E-state index contributed by atoms with van der Waals surface area (Å²) in [6.07, 6.45) is 0. The van der Waals surface area contributed by atoms with Gasteiger partial charge in [0.2, 0.25) is 0 Å². The van der Waals surface area contributed by atoms with Gasteiger partial charge in [-0.2, -0.15) is 9.61 Å². The highest BCUT2D eigenvalue weighted by molar-refractivity contribution is 7.92. The van der Waals surface area contributed by atoms with Crippen molar-refractivity contribution in [2.24, 2.45) is 0 Å². The molecule has 4 aromatic rings. The maximum absolute atomic E-state index is 12.5. The molecule has 0 saturated heterocycles. The first-order valence-corrected chi connectivity index (χ1v) is 9.86. The van der Waals surface area contributed by atoms with Crippen molar-refractivity contribution in [1.82, 2.24) is 19.8 Å². The van der Waals surface area contributed by atoms with Crippen molar-refractivity contribution in [3.63, 3.8) is 0 Å². The van der Waals surface area contributed by atoms with Gasteiger partial charge in [0.1, 0.15) is 0 Å². The van der Waals surface area contributed by atoms with Gasteiger partial charge in [0, 0.05) is 16.3 Å². The molecule has 0 aliphatic carbocycles. The monoisotopic (exact) mass is 399 g/mol. The Morgan fingerprint density at radius 3 is 2.52 bits per heavy atom. The van der Waals surface area contributed by atoms with E-state index < -0.39 is 10.0 Å². The van der Waals surface area contributed by atoms with Crippen LogP contribution in [0.15, 0.2) is 65.6 Å². The van der Waals surface area contributed by atoms with E-state index >= 15 is 0 Å². The van der Waals surface area contributed by atoms with Crippen molar-refractivity contribution < 1.29 is 8.42 Å². The summed E-state index contributed by atoms with van der Waals surface area (Å²) in [6, 6.07) is 16.7. The molecule has 9 heteroatoms. The quantitative estimate of drug-likeness (QED) is 0.566. The fourth-order valence-electron chi connectivity index (χ4n) is 2.61. The molecule has 0 fully saturated rings. The highest BCUT2D eigenvalue weighted by Gasteiger charge is 2.14. The molecule has 2 aromatic carbocycles. The summed E-state index contributed by atoms with van der Waals surface area (Å²) in [5, 5.41) is 12.9. The van der Waals surface area contributed by atoms with Gasteiger partial charge in [0.15, 0.2) is 11.5 Å². The van der Waals surface area contributed by atoms with E-state index in [0.29, 0.717) is 22.2 Å². The summed E-state index contributed by atoms with van der Waals surface area (Å²) in [4.78, 5) is 0.106. The highest BCUT2D eigenvalue weighted by Crippen LogP contribution is 2.23. The SMILES string of the molecule is Cc1nnc2ccc(-c3ccc(NS(=O)(=O)c4cccc(Cl)c4)cc3)nn12. The van der Waals surface area contributed by atoms with Gasteiger partial charge in [0.25, 0.3) is 10.0 Å². The Bertz CT molecular complexity index is 1240. The Hall–Kier alpha value is -2.97. The minimum absolute atomic E-state index is 0.106. The zero-order valence-electron chi connectivity index (χ0n) is 14.2. The lowest BCUT2D eigenvalue weighted by atomic mass is 10.1. The standard InChI is InChI=1S/C18H14ClN5O2S/c1-12-20-21-18-10-9-17(22-24(12)18)13-5-7-15(8-6-13)23-27(25,26)16-4-2-3-14(19)11-16/h2-11,23H,1H3. The smallest absolute Gasteiger partial charge is 0.261 e. The summed E-state index contributed by atoms with van der Waals surface area (Å²) >= 11 is 5.88. The van der Waals surface area contributed by atoms with Crippen LogP contribution < -0.4 is 4.72 Å². The number of nitrogens with zero attached hydrogens (tertiary/aromatic N) is 4. The molecule has 0 atom stereocenters. The Morgan fingerprint density at radius 1 is 1.00 bits per heavy atom. The maximum atomic E-state index is 12.5. The van der Waals surface area contributed by atoms with Crippen LogP contribution in [0.4, 0.5) is 5.69 Å². The van der Waals surface area contributed by atoms with Crippen molar-refractivity contribution in [1.29, 1.82) is 0 Å². The lowest BCUT2D eigenvalue weighted by molar-refractivity contribution is 0.601. The summed E-state index contributed by atoms with van der Waals surface area (Å²) in [5.41, 5.74) is 2.69. The summed E-state index contributed by atoms with van der Waals surface area (Å²) in [6.45, 7) is 1.82. The first-order chi connectivity index (χ1) is 12.9. The van der Waals surface area contributed by atoms with Crippen LogP contribution in [-0.2, 0) is 10.0 Å². The lowest BCUT2D eigenvalue weighted by Gasteiger charge is -2.09. The fourth-order valence-corrected chi connectivity index (χ4v) is 3.97. The third-order valence-corrected chi connectivity index (χ3v) is 5.57. The van der Waals surface area contributed by atoms with E-state index in [1.54, 1.807) is 40.9 Å². The minimum Gasteiger partial charge on any atom is -0.280 e. The summed E-state index contributed by atoms with van der Waals surface area (Å²) in [7, 11) is -3.71. The zero-order chi connectivity index (χ0) is 19.0. The normalized spacial score (nSPS) is 11.6. The molecule has 0 radical (unpaired) electrons. The molecule has 1 N–H and O–H groups in total. The molecule has 27 heavy (non-hydrogen) atoms. The average Bonchev–Trinajstić information content (AvgIpc) is 3.03. The molecule has 0 spiro atoms. The molecule has 0 bridgehead atoms. The number of rotatable bonds is 4. The van der Waals surface area contributed by atoms with Gasteiger partial charge < -0.3 is 0 Å². The molecule has 0 saturated carbocycles. The van der Waals surface area contributed by atoms with E-state index in [0.717, 1.165) is 11.3 Å². The van der Waals surface area contributed by atoms with Gasteiger partial charge in [0.05, 0.1) is 10.6 Å². The Morgan fingerprint density at radius 2 is 1.78 bits per heavy atom. The van der Waals surface area contributed by atoms with Gasteiger partial charge in [-0.15, -0.1) is 10.2 Å². The first-order valence-electron chi connectivity index (χ1n) is 8.00. The maximum Gasteiger partial charge on any atom is 0.261 e. The average molecular weight is 400 g/mol. The number of aryl methyl sites for hydroxylation is 1. The summed E-state index contributed by atoms with van der Waals surface area (Å²) in [5.74, 6) is 0.692. The third kappa shape index (κ3) is 3.49. The fraction of sp³-hybridized carbons (Fsp3) is 0.0556. The topological polar surface area (TPSA) is 89.2 Å². The van der Waals surface area contributed by atoms with Crippen molar-refractivity contribution in [2.75, 3.05) is 4.72 Å². The van der Waals surface area contributed by atoms with Crippen molar-refractivity contribution in [3.05, 3.63) is 71.5 Å². The Labute approximate surface area is 160 Å². The van der Waals surface area contributed by atoms with Crippen LogP contribution >= 0.6 is 11.6 Å². The van der Waals surface area contributed by atoms with Gasteiger partial charge in [-0.3, -0.25) is 4.72 Å². The second-order valence-electron chi connectivity index (χ2n) is 5.88. The van der Waals surface area contributed by atoms with Gasteiger partial charge >= 0.3 is 0 Å². The molecule has 136 valence electrons. The molecule has 2 heterocycles. The van der Waals surface area contributed by atoms with E-state index in [-0.39, 0.29) is 4.90 Å². The lowest BCUT2D eigenvalue weighted by Crippen LogP contribution is -2.12. The van der Waals surface area contributed by atoms with E-state index in [4.69, 9.17) is 11.6 Å². The van der Waals surface area contributed by atoms with E-state index in [2.05, 4.69) is 20.0 Å². The third-order valence-electron chi connectivity index (χ3n) is 3.96. The number of anilines is 1. The van der Waals surface area contributed by atoms with Crippen LogP contribution in [0.25, 0.3) is 16.9 Å². The van der Waals surface area contributed by atoms with Crippen LogP contribution in [-0.4, -0.2) is 28.2 Å². The highest BCUT2D eigenvalue weighted by atomic mass is 35.5. The van der Waals surface area contributed by atoms with Crippen LogP contribution in [0.1, 0.15) is 5.82 Å². The number of aromatic nitrogens is 4. The van der Waals surface area contributed by atoms with Gasteiger partial charge in [-0.1, -0.05) is 29.8 Å². The predicted octanol–water partition coefficient (Wildman–Crippen LogP) is 3.55. The Kier molecular flexibility index (Phi) is 4.29. The molecule has 7 nitrogen and oxygen atoms in total. The van der Waals surface area contributed by atoms with Crippen molar-refractivity contribution in [3.8, 4) is 11.3 Å². The molecule has 0 aliphatic rings. The molecule has 4 rings (SSSR count). The van der Waals surface area contributed by atoms with Crippen molar-refractivity contribution in [2.45, 2.75) is 11.8 Å². The molecular formula is C18H14ClN5O2S. The second kappa shape index (κ2) is 6.64. The number of fused-ring (bicyclic) bond motifs is 1. The molecule has 2 aromatic heterocycles.